The molecule has 0 spiro atoms. The molecule has 1 aliphatic heterocycles. The average molecular weight is 270 g/mol. The molecule has 3 N–H and O–H groups in total. The van der Waals surface area contributed by atoms with Crippen LogP contribution >= 0.6 is 0 Å². The summed E-state index contributed by atoms with van der Waals surface area (Å²) < 4.78 is 0. The van der Waals surface area contributed by atoms with E-state index in [2.05, 4.69) is 35.9 Å². The molecule has 0 radical (unpaired) electrons. The molecule has 1 aliphatic rings. The third-order valence-electron chi connectivity index (χ3n) is 3.42. The molecule has 1 atom stereocenters. The Kier molecular flexibility index (Phi) is 4.38. The number of aliphatic hydroxyl groups excluding tert-OH is 1. The van der Waals surface area contributed by atoms with Crippen LogP contribution in [0.4, 0.5) is 11.4 Å². The fourth-order valence-electron chi connectivity index (χ4n) is 2.53. The van der Waals surface area contributed by atoms with Crippen LogP contribution in [0.2, 0.25) is 0 Å². The Hall–Kier alpha value is -2.33. The Morgan fingerprint density at radius 2 is 1.70 bits per heavy atom. The summed E-state index contributed by atoms with van der Waals surface area (Å²) >= 11 is 0. The molecule has 0 aliphatic carbocycles. The van der Waals surface area contributed by atoms with Gasteiger partial charge in [-0.25, -0.2) is 0 Å². The standard InChI is InChI=1S/C15H15NO.CH3NO/c1-16-13-8-4-2-6-11(13)10-15(17)12-7-3-5-9-14(12)16;2-1-3/h2-9,15,17H,10H2,1H3;1H,(H2,2,3). The molecule has 0 saturated heterocycles. The van der Waals surface area contributed by atoms with Crippen LogP contribution in [-0.4, -0.2) is 18.6 Å². The van der Waals surface area contributed by atoms with E-state index in [1.165, 1.54) is 11.3 Å². The monoisotopic (exact) mass is 270 g/mol. The van der Waals surface area contributed by atoms with Gasteiger partial charge in [0.2, 0.25) is 6.41 Å². The third kappa shape index (κ3) is 2.65. The minimum atomic E-state index is -0.419. The largest absolute Gasteiger partial charge is 0.388 e. The van der Waals surface area contributed by atoms with E-state index in [0.29, 0.717) is 6.42 Å². The Balaban J connectivity index is 0.000000452. The van der Waals surface area contributed by atoms with E-state index in [0.717, 1.165) is 11.3 Å². The van der Waals surface area contributed by atoms with Crippen molar-refractivity contribution in [2.75, 3.05) is 11.9 Å². The molecule has 1 amide bonds. The van der Waals surface area contributed by atoms with E-state index in [1.54, 1.807) is 0 Å². The summed E-state index contributed by atoms with van der Waals surface area (Å²) in [6, 6.07) is 16.3. The molecule has 4 heteroatoms. The van der Waals surface area contributed by atoms with Crippen LogP contribution in [0.1, 0.15) is 17.2 Å². The maximum Gasteiger partial charge on any atom is 0.204 e. The smallest absolute Gasteiger partial charge is 0.204 e. The van der Waals surface area contributed by atoms with Crippen molar-refractivity contribution >= 4 is 17.8 Å². The number of aliphatic hydroxyl groups is 1. The van der Waals surface area contributed by atoms with E-state index >= 15 is 0 Å². The number of benzene rings is 2. The van der Waals surface area contributed by atoms with Crippen molar-refractivity contribution in [3.63, 3.8) is 0 Å². The van der Waals surface area contributed by atoms with Gasteiger partial charge in [0.05, 0.1) is 6.10 Å². The zero-order chi connectivity index (χ0) is 14.5. The highest BCUT2D eigenvalue weighted by Gasteiger charge is 2.22. The summed E-state index contributed by atoms with van der Waals surface area (Å²) in [5.41, 5.74) is 8.63. The third-order valence-corrected chi connectivity index (χ3v) is 3.42. The van der Waals surface area contributed by atoms with Crippen molar-refractivity contribution < 1.29 is 9.90 Å². The minimum absolute atomic E-state index is 0.250. The van der Waals surface area contributed by atoms with Crippen molar-refractivity contribution in [2.24, 2.45) is 5.73 Å². The maximum absolute atomic E-state index is 10.3. The Morgan fingerprint density at radius 1 is 1.15 bits per heavy atom. The Morgan fingerprint density at radius 3 is 2.40 bits per heavy atom. The number of hydrogen-bond donors (Lipinski definition) is 2. The maximum atomic E-state index is 10.3. The summed E-state index contributed by atoms with van der Waals surface area (Å²) in [6.45, 7) is 0. The van der Waals surface area contributed by atoms with Gasteiger partial charge in [-0.1, -0.05) is 36.4 Å². The molecule has 0 fully saturated rings. The molecule has 104 valence electrons. The van der Waals surface area contributed by atoms with Gasteiger partial charge in [0.25, 0.3) is 0 Å². The van der Waals surface area contributed by atoms with Crippen molar-refractivity contribution in [3.05, 3.63) is 59.7 Å². The molecule has 0 bridgehead atoms. The predicted octanol–water partition coefficient (Wildman–Crippen LogP) is 2.15. The minimum Gasteiger partial charge on any atom is -0.388 e. The summed E-state index contributed by atoms with van der Waals surface area (Å²) in [5.74, 6) is 0. The van der Waals surface area contributed by atoms with Gasteiger partial charge in [-0.05, 0) is 17.7 Å². The van der Waals surface area contributed by atoms with Crippen molar-refractivity contribution in [2.45, 2.75) is 12.5 Å². The van der Waals surface area contributed by atoms with Gasteiger partial charge >= 0.3 is 0 Å². The summed E-state index contributed by atoms with van der Waals surface area (Å²) in [7, 11) is 2.05. The number of carbonyl (C=O) groups is 1. The normalized spacial score (nSPS) is 16.1. The number of primary amides is 1. The predicted molar refractivity (Wildman–Crippen MR) is 79.9 cm³/mol. The lowest BCUT2D eigenvalue weighted by Gasteiger charge is -2.21. The molecular formula is C16H18N2O2. The van der Waals surface area contributed by atoms with Crippen LogP contribution < -0.4 is 10.6 Å². The molecule has 4 nitrogen and oxygen atoms in total. The van der Waals surface area contributed by atoms with Gasteiger partial charge in [-0.2, -0.15) is 0 Å². The second kappa shape index (κ2) is 6.21. The highest BCUT2D eigenvalue weighted by molar-refractivity contribution is 5.70. The fourth-order valence-corrected chi connectivity index (χ4v) is 2.53. The molecule has 3 rings (SSSR count). The van der Waals surface area contributed by atoms with Crippen LogP contribution in [0.15, 0.2) is 48.5 Å². The number of carbonyl (C=O) groups excluding carboxylic acids is 1. The lowest BCUT2D eigenvalue weighted by Crippen LogP contribution is -2.11. The topological polar surface area (TPSA) is 66.6 Å². The highest BCUT2D eigenvalue weighted by Crippen LogP contribution is 2.38. The lowest BCUT2D eigenvalue weighted by molar-refractivity contribution is -0.106. The van der Waals surface area contributed by atoms with Gasteiger partial charge in [0.1, 0.15) is 0 Å². The van der Waals surface area contributed by atoms with Gasteiger partial charge in [-0.15, -0.1) is 0 Å². The number of hydrogen-bond acceptors (Lipinski definition) is 3. The first-order valence-corrected chi connectivity index (χ1v) is 6.43. The van der Waals surface area contributed by atoms with Crippen LogP contribution in [0.5, 0.6) is 0 Å². The zero-order valence-electron chi connectivity index (χ0n) is 11.4. The molecule has 2 aromatic carbocycles. The van der Waals surface area contributed by atoms with E-state index in [1.807, 2.05) is 30.3 Å². The van der Waals surface area contributed by atoms with Crippen molar-refractivity contribution in [1.82, 2.24) is 0 Å². The van der Waals surface area contributed by atoms with Gasteiger partial charge in [0.15, 0.2) is 0 Å². The van der Waals surface area contributed by atoms with Crippen LogP contribution in [0, 0.1) is 0 Å². The van der Waals surface area contributed by atoms with Gasteiger partial charge in [0, 0.05) is 30.4 Å². The fraction of sp³-hybridized carbons (Fsp3) is 0.188. The van der Waals surface area contributed by atoms with E-state index in [9.17, 15) is 5.11 Å². The Labute approximate surface area is 118 Å². The summed E-state index contributed by atoms with van der Waals surface area (Å²) in [6.07, 6.45) is 0.509. The van der Waals surface area contributed by atoms with Crippen LogP contribution in [0.3, 0.4) is 0 Å². The summed E-state index contributed by atoms with van der Waals surface area (Å²) in [4.78, 5) is 10.7. The summed E-state index contributed by atoms with van der Waals surface area (Å²) in [5, 5.41) is 10.3. The molecule has 0 saturated carbocycles. The number of amides is 1. The number of rotatable bonds is 0. The molecule has 1 unspecified atom stereocenters. The number of nitrogens with two attached hydrogens (primary N) is 1. The quantitative estimate of drug-likeness (QED) is 0.721. The van der Waals surface area contributed by atoms with Gasteiger partial charge < -0.3 is 15.7 Å². The van der Waals surface area contributed by atoms with Gasteiger partial charge in [-0.3, -0.25) is 4.79 Å². The van der Waals surface area contributed by atoms with Crippen molar-refractivity contribution in [1.29, 1.82) is 0 Å². The van der Waals surface area contributed by atoms with Crippen molar-refractivity contribution in [3.8, 4) is 0 Å². The Bertz CT molecular complexity index is 599. The molecule has 0 aromatic heterocycles. The first kappa shape index (κ1) is 14.1. The number of para-hydroxylation sites is 2. The molecule has 2 aromatic rings. The molecule has 20 heavy (non-hydrogen) atoms. The first-order valence-electron chi connectivity index (χ1n) is 6.43. The SMILES string of the molecule is CN1c2ccccc2CC(O)c2ccccc21.NC=O. The second-order valence-corrected chi connectivity index (χ2v) is 4.60. The molecular weight excluding hydrogens is 252 g/mol. The van der Waals surface area contributed by atoms with E-state index < -0.39 is 6.10 Å². The van der Waals surface area contributed by atoms with E-state index in [-0.39, 0.29) is 6.41 Å². The first-order chi connectivity index (χ1) is 9.69. The molecule has 1 heterocycles. The van der Waals surface area contributed by atoms with E-state index in [4.69, 9.17) is 4.79 Å². The lowest BCUT2D eigenvalue weighted by atomic mass is 10.0. The van der Waals surface area contributed by atoms with Crippen LogP contribution in [-0.2, 0) is 11.2 Å². The average Bonchev–Trinajstić information content (AvgIpc) is 2.57. The van der Waals surface area contributed by atoms with Crippen LogP contribution in [0.25, 0.3) is 0 Å². The highest BCUT2D eigenvalue weighted by atomic mass is 16.3. The number of fused-ring (bicyclic) bond motifs is 2. The zero-order valence-corrected chi connectivity index (χ0v) is 11.4. The second-order valence-electron chi connectivity index (χ2n) is 4.60. The number of nitrogens with zero attached hydrogens (tertiary/aromatic N) is 1. The number of anilines is 2.